The molecule has 0 amide bonds. The van der Waals surface area contributed by atoms with Gasteiger partial charge in [0.05, 0.1) is 4.92 Å². The van der Waals surface area contributed by atoms with E-state index in [4.69, 9.17) is 0 Å². The van der Waals surface area contributed by atoms with E-state index < -0.39 is 0 Å². The van der Waals surface area contributed by atoms with E-state index in [9.17, 15) is 10.1 Å². The van der Waals surface area contributed by atoms with Crippen molar-refractivity contribution in [3.8, 4) is 0 Å². The van der Waals surface area contributed by atoms with Crippen LogP contribution in [-0.2, 0) is 6.42 Å². The van der Waals surface area contributed by atoms with E-state index in [-0.39, 0.29) is 10.6 Å². The number of nitro groups is 1. The van der Waals surface area contributed by atoms with Crippen LogP contribution in [0.15, 0.2) is 18.2 Å². The summed E-state index contributed by atoms with van der Waals surface area (Å²) < 4.78 is 0. The largest absolute Gasteiger partial charge is 0.357 e. The van der Waals surface area contributed by atoms with E-state index in [1.54, 1.807) is 12.1 Å². The first-order valence-corrected chi connectivity index (χ1v) is 9.43. The third-order valence-electron chi connectivity index (χ3n) is 5.87. The molecule has 1 aromatic carbocycles. The molecule has 134 valence electrons. The number of hydrogen-bond acceptors (Lipinski definition) is 4. The number of likely N-dealkylation sites (tertiary alicyclic amines) is 1. The van der Waals surface area contributed by atoms with Crippen LogP contribution < -0.4 is 5.32 Å². The third-order valence-corrected chi connectivity index (χ3v) is 5.87. The Hall–Kier alpha value is -1.92. The summed E-state index contributed by atoms with van der Waals surface area (Å²) in [4.78, 5) is 16.8. The molecule has 2 aliphatic rings. The van der Waals surface area contributed by atoms with Crippen LogP contribution in [0.4, 0.5) is 5.69 Å². The minimum absolute atomic E-state index is 0.177. The van der Waals surface area contributed by atoms with Crippen molar-refractivity contribution in [2.75, 3.05) is 19.6 Å². The number of H-pyrrole nitrogens is 1. The summed E-state index contributed by atoms with van der Waals surface area (Å²) in [5.74, 6) is 0. The molecule has 1 atom stereocenters. The highest BCUT2D eigenvalue weighted by molar-refractivity contribution is 5.87. The molecular formula is C19H26N4O2. The lowest BCUT2D eigenvalue weighted by Crippen LogP contribution is -2.44. The van der Waals surface area contributed by atoms with Gasteiger partial charge in [0.15, 0.2) is 0 Å². The summed E-state index contributed by atoms with van der Waals surface area (Å²) in [5.41, 5.74) is 3.72. The molecule has 0 saturated carbocycles. The van der Waals surface area contributed by atoms with Gasteiger partial charge in [-0.15, -0.1) is 0 Å². The van der Waals surface area contributed by atoms with Gasteiger partial charge in [0.2, 0.25) is 0 Å². The zero-order valence-corrected chi connectivity index (χ0v) is 14.8. The van der Waals surface area contributed by atoms with E-state index in [1.807, 2.05) is 6.07 Å². The number of nitro benzene ring substituents is 1. The number of aromatic amines is 1. The SMILES string of the molecule is CCN1CCC(N[C@H]2CCCc3c2[nH]c2ccc([N+](=O)[O-])cc32)CC1. The predicted molar refractivity (Wildman–Crippen MR) is 98.9 cm³/mol. The Morgan fingerprint density at radius 1 is 1.32 bits per heavy atom. The van der Waals surface area contributed by atoms with Crippen molar-refractivity contribution in [2.45, 2.75) is 51.1 Å². The molecule has 2 heterocycles. The van der Waals surface area contributed by atoms with E-state index in [0.717, 1.165) is 36.7 Å². The minimum atomic E-state index is -0.307. The summed E-state index contributed by atoms with van der Waals surface area (Å²) in [6.45, 7) is 5.71. The van der Waals surface area contributed by atoms with Crippen LogP contribution in [-0.4, -0.2) is 40.5 Å². The smallest absolute Gasteiger partial charge is 0.270 e. The number of nitrogens with zero attached hydrogens (tertiary/aromatic N) is 2. The minimum Gasteiger partial charge on any atom is -0.357 e. The van der Waals surface area contributed by atoms with Crippen molar-refractivity contribution in [1.29, 1.82) is 0 Å². The van der Waals surface area contributed by atoms with Crippen molar-refractivity contribution in [2.24, 2.45) is 0 Å². The first kappa shape index (κ1) is 16.5. The molecule has 1 aliphatic heterocycles. The fraction of sp³-hybridized carbons (Fsp3) is 0.579. The maximum atomic E-state index is 11.1. The molecule has 6 nitrogen and oxygen atoms in total. The number of benzene rings is 1. The average molecular weight is 342 g/mol. The number of piperidine rings is 1. The quantitative estimate of drug-likeness (QED) is 0.658. The zero-order valence-electron chi connectivity index (χ0n) is 14.8. The van der Waals surface area contributed by atoms with Gasteiger partial charge in [-0.3, -0.25) is 10.1 Å². The van der Waals surface area contributed by atoms with Gasteiger partial charge in [-0.25, -0.2) is 0 Å². The molecular weight excluding hydrogens is 316 g/mol. The van der Waals surface area contributed by atoms with Crippen LogP contribution in [0.25, 0.3) is 10.9 Å². The zero-order chi connectivity index (χ0) is 17.4. The summed E-state index contributed by atoms with van der Waals surface area (Å²) in [7, 11) is 0. The second kappa shape index (κ2) is 6.77. The van der Waals surface area contributed by atoms with Gasteiger partial charge in [0, 0.05) is 40.8 Å². The summed E-state index contributed by atoms with van der Waals surface area (Å²) >= 11 is 0. The number of aromatic nitrogens is 1. The molecule has 0 unspecified atom stereocenters. The molecule has 2 N–H and O–H groups in total. The van der Waals surface area contributed by atoms with E-state index in [2.05, 4.69) is 22.1 Å². The summed E-state index contributed by atoms with van der Waals surface area (Å²) in [5, 5.41) is 16.0. The Kier molecular flexibility index (Phi) is 4.48. The van der Waals surface area contributed by atoms with Crippen molar-refractivity contribution in [1.82, 2.24) is 15.2 Å². The molecule has 6 heteroatoms. The highest BCUT2D eigenvalue weighted by Gasteiger charge is 2.28. The van der Waals surface area contributed by atoms with Gasteiger partial charge in [-0.05, 0) is 63.4 Å². The number of nitrogens with one attached hydrogen (secondary N) is 2. The Morgan fingerprint density at radius 2 is 2.12 bits per heavy atom. The first-order chi connectivity index (χ1) is 12.2. The second-order valence-electron chi connectivity index (χ2n) is 7.32. The number of non-ortho nitro benzene ring substituents is 1. The van der Waals surface area contributed by atoms with Crippen LogP contribution in [0.3, 0.4) is 0 Å². The van der Waals surface area contributed by atoms with Crippen molar-refractivity contribution in [3.63, 3.8) is 0 Å². The lowest BCUT2D eigenvalue weighted by atomic mass is 9.90. The Bertz CT molecular complexity index is 777. The number of aryl methyl sites for hydroxylation is 1. The Labute approximate surface area is 147 Å². The fourth-order valence-electron chi connectivity index (χ4n) is 4.43. The van der Waals surface area contributed by atoms with Crippen LogP contribution in [0.5, 0.6) is 0 Å². The normalized spacial score (nSPS) is 22.2. The molecule has 0 radical (unpaired) electrons. The lowest BCUT2D eigenvalue weighted by Gasteiger charge is -2.35. The molecule has 1 aromatic heterocycles. The van der Waals surface area contributed by atoms with Crippen LogP contribution >= 0.6 is 0 Å². The van der Waals surface area contributed by atoms with Crippen molar-refractivity contribution < 1.29 is 4.92 Å². The molecule has 1 fully saturated rings. The highest BCUT2D eigenvalue weighted by atomic mass is 16.6. The van der Waals surface area contributed by atoms with Gasteiger partial charge in [0.25, 0.3) is 5.69 Å². The van der Waals surface area contributed by atoms with Crippen molar-refractivity contribution >= 4 is 16.6 Å². The van der Waals surface area contributed by atoms with Gasteiger partial charge in [-0.1, -0.05) is 6.92 Å². The first-order valence-electron chi connectivity index (χ1n) is 9.43. The second-order valence-corrected chi connectivity index (χ2v) is 7.32. The molecule has 0 bridgehead atoms. The maximum Gasteiger partial charge on any atom is 0.270 e. The van der Waals surface area contributed by atoms with Crippen LogP contribution in [0.2, 0.25) is 0 Å². The molecule has 4 rings (SSSR count). The fourth-order valence-corrected chi connectivity index (χ4v) is 4.43. The molecule has 1 saturated heterocycles. The highest BCUT2D eigenvalue weighted by Crippen LogP contribution is 2.36. The molecule has 25 heavy (non-hydrogen) atoms. The van der Waals surface area contributed by atoms with Crippen molar-refractivity contribution in [3.05, 3.63) is 39.6 Å². The van der Waals surface area contributed by atoms with E-state index in [1.165, 1.54) is 37.2 Å². The summed E-state index contributed by atoms with van der Waals surface area (Å²) in [6, 6.07) is 6.08. The Morgan fingerprint density at radius 3 is 2.84 bits per heavy atom. The monoisotopic (exact) mass is 342 g/mol. The molecule has 1 aliphatic carbocycles. The average Bonchev–Trinajstić information content (AvgIpc) is 3.01. The topological polar surface area (TPSA) is 74.2 Å². The van der Waals surface area contributed by atoms with Gasteiger partial charge < -0.3 is 15.2 Å². The molecule has 0 spiro atoms. The number of rotatable bonds is 4. The van der Waals surface area contributed by atoms with Gasteiger partial charge >= 0.3 is 0 Å². The van der Waals surface area contributed by atoms with Gasteiger partial charge in [0.1, 0.15) is 0 Å². The Balaban J connectivity index is 1.57. The summed E-state index contributed by atoms with van der Waals surface area (Å²) in [6.07, 6.45) is 5.67. The molecule has 2 aromatic rings. The van der Waals surface area contributed by atoms with E-state index >= 15 is 0 Å². The maximum absolute atomic E-state index is 11.1. The standard InChI is InChI=1S/C19H26N4O2/c1-2-22-10-8-13(9-11-22)20-18-5-3-4-15-16-12-14(23(24)25)6-7-17(16)21-19(15)18/h6-7,12-13,18,20-21H,2-5,8-11H2,1H3/t18-/m0/s1. The van der Waals surface area contributed by atoms with E-state index in [0.29, 0.717) is 12.1 Å². The predicted octanol–water partition coefficient (Wildman–Crippen LogP) is 3.53. The lowest BCUT2D eigenvalue weighted by molar-refractivity contribution is -0.384. The third kappa shape index (κ3) is 3.16. The number of hydrogen-bond donors (Lipinski definition) is 2. The van der Waals surface area contributed by atoms with Gasteiger partial charge in [-0.2, -0.15) is 0 Å². The van der Waals surface area contributed by atoms with Crippen LogP contribution in [0, 0.1) is 10.1 Å². The van der Waals surface area contributed by atoms with Crippen LogP contribution in [0.1, 0.15) is 49.9 Å². The number of fused-ring (bicyclic) bond motifs is 3.